The summed E-state index contributed by atoms with van der Waals surface area (Å²) in [7, 11) is 0. The van der Waals surface area contributed by atoms with E-state index in [1.54, 1.807) is 6.08 Å². The molecular formula is C23H14I3NO3. The van der Waals surface area contributed by atoms with E-state index < -0.39 is 5.97 Å². The second kappa shape index (κ2) is 9.77. The summed E-state index contributed by atoms with van der Waals surface area (Å²) in [6, 6.07) is 21.6. The van der Waals surface area contributed by atoms with Gasteiger partial charge < -0.3 is 9.47 Å². The summed E-state index contributed by atoms with van der Waals surface area (Å²) in [4.78, 5) is 16.6. The Balaban J connectivity index is 1.55. The standard InChI is InChI=1S/C23H14I3NO3/c24-17-8-4-5-14(9-17)13-29-21-18(25)10-15(11-19(21)26)12-20-23(28)30-22(27-20)16-6-2-1-3-7-16/h1-12H,13H2/b20-12-. The monoisotopic (exact) mass is 733 g/mol. The van der Waals surface area contributed by atoms with E-state index in [0.717, 1.165) is 29.6 Å². The first-order valence-corrected chi connectivity index (χ1v) is 12.2. The lowest BCUT2D eigenvalue weighted by atomic mass is 10.2. The van der Waals surface area contributed by atoms with E-state index in [2.05, 4.69) is 91.0 Å². The number of cyclic esters (lactones) is 1. The molecule has 0 unspecified atom stereocenters. The molecule has 4 nitrogen and oxygen atoms in total. The van der Waals surface area contributed by atoms with Crippen LogP contribution >= 0.6 is 67.8 Å². The maximum absolute atomic E-state index is 12.3. The summed E-state index contributed by atoms with van der Waals surface area (Å²) in [6.07, 6.45) is 1.74. The number of nitrogens with zero attached hydrogens (tertiary/aromatic N) is 1. The van der Waals surface area contributed by atoms with E-state index in [-0.39, 0.29) is 5.70 Å². The largest absolute Gasteiger partial charge is 0.487 e. The van der Waals surface area contributed by atoms with Gasteiger partial charge in [0, 0.05) is 9.13 Å². The van der Waals surface area contributed by atoms with Gasteiger partial charge in [0.05, 0.1) is 7.14 Å². The number of hydrogen-bond donors (Lipinski definition) is 0. The second-order valence-corrected chi connectivity index (χ2v) is 10.0. The first-order valence-electron chi connectivity index (χ1n) is 8.94. The third kappa shape index (κ3) is 5.22. The SMILES string of the molecule is O=C1OC(c2ccccc2)=N/C1=C\c1cc(I)c(OCc2cccc(I)c2)c(I)c1. The highest BCUT2D eigenvalue weighted by atomic mass is 127. The average molecular weight is 733 g/mol. The molecule has 0 aliphatic carbocycles. The summed E-state index contributed by atoms with van der Waals surface area (Å²) in [5, 5.41) is 0. The number of ether oxygens (including phenoxy) is 2. The van der Waals surface area contributed by atoms with E-state index >= 15 is 0 Å². The predicted octanol–water partition coefficient (Wildman–Crippen LogP) is 6.42. The van der Waals surface area contributed by atoms with Crippen molar-refractivity contribution in [1.29, 1.82) is 0 Å². The highest BCUT2D eigenvalue weighted by Crippen LogP contribution is 2.31. The summed E-state index contributed by atoms with van der Waals surface area (Å²) in [6.45, 7) is 0.500. The number of aliphatic imine (C=N–C) groups is 1. The minimum absolute atomic E-state index is 0.285. The highest BCUT2D eigenvalue weighted by Gasteiger charge is 2.24. The van der Waals surface area contributed by atoms with Crippen LogP contribution in [0.25, 0.3) is 6.08 Å². The molecule has 3 aromatic rings. The van der Waals surface area contributed by atoms with Gasteiger partial charge in [-0.15, -0.1) is 0 Å². The fourth-order valence-electron chi connectivity index (χ4n) is 2.85. The van der Waals surface area contributed by atoms with Crippen molar-refractivity contribution >= 4 is 85.7 Å². The van der Waals surface area contributed by atoms with Crippen molar-refractivity contribution in [2.24, 2.45) is 4.99 Å². The van der Waals surface area contributed by atoms with E-state index in [9.17, 15) is 4.79 Å². The molecular weight excluding hydrogens is 719 g/mol. The maximum atomic E-state index is 12.3. The lowest BCUT2D eigenvalue weighted by Gasteiger charge is -2.12. The third-order valence-corrected chi connectivity index (χ3v) is 6.51. The third-order valence-electron chi connectivity index (χ3n) is 4.24. The zero-order valence-corrected chi connectivity index (χ0v) is 21.9. The van der Waals surface area contributed by atoms with Crippen LogP contribution in [-0.2, 0) is 16.1 Å². The van der Waals surface area contributed by atoms with Gasteiger partial charge in [-0.2, -0.15) is 0 Å². The summed E-state index contributed by atoms with van der Waals surface area (Å²) >= 11 is 6.80. The van der Waals surface area contributed by atoms with E-state index in [1.165, 1.54) is 3.57 Å². The summed E-state index contributed by atoms with van der Waals surface area (Å²) in [5.41, 5.74) is 3.05. The average Bonchev–Trinajstić information content (AvgIpc) is 3.08. The van der Waals surface area contributed by atoms with Crippen molar-refractivity contribution in [2.75, 3.05) is 0 Å². The Morgan fingerprint density at radius 1 is 0.933 bits per heavy atom. The van der Waals surface area contributed by atoms with E-state index in [4.69, 9.17) is 9.47 Å². The number of benzene rings is 3. The number of carbonyl (C=O) groups is 1. The van der Waals surface area contributed by atoms with Crippen LogP contribution in [0.2, 0.25) is 0 Å². The van der Waals surface area contributed by atoms with E-state index in [0.29, 0.717) is 12.5 Å². The van der Waals surface area contributed by atoms with Crippen molar-refractivity contribution < 1.29 is 14.3 Å². The molecule has 0 bridgehead atoms. The molecule has 0 spiro atoms. The number of carbonyl (C=O) groups excluding carboxylic acids is 1. The van der Waals surface area contributed by atoms with Crippen LogP contribution in [0.15, 0.2) is 77.4 Å². The fraction of sp³-hybridized carbons (Fsp3) is 0.0435. The zero-order chi connectivity index (χ0) is 21.1. The Hall–Kier alpha value is -1.47. The van der Waals surface area contributed by atoms with Crippen LogP contribution in [0.1, 0.15) is 16.7 Å². The number of esters is 1. The lowest BCUT2D eigenvalue weighted by molar-refractivity contribution is -0.129. The molecule has 3 aromatic carbocycles. The molecule has 0 N–H and O–H groups in total. The molecule has 0 radical (unpaired) electrons. The van der Waals surface area contributed by atoms with Gasteiger partial charge in [0.1, 0.15) is 12.4 Å². The van der Waals surface area contributed by atoms with Gasteiger partial charge in [-0.3, -0.25) is 0 Å². The van der Waals surface area contributed by atoms with E-state index in [1.807, 2.05) is 48.5 Å². The van der Waals surface area contributed by atoms with Crippen LogP contribution in [0.3, 0.4) is 0 Å². The Morgan fingerprint density at radius 2 is 1.67 bits per heavy atom. The zero-order valence-electron chi connectivity index (χ0n) is 15.4. The minimum atomic E-state index is -0.446. The molecule has 0 aromatic heterocycles. The predicted molar refractivity (Wildman–Crippen MR) is 142 cm³/mol. The summed E-state index contributed by atoms with van der Waals surface area (Å²) < 4.78 is 14.5. The van der Waals surface area contributed by atoms with Crippen molar-refractivity contribution in [2.45, 2.75) is 6.61 Å². The van der Waals surface area contributed by atoms with Crippen molar-refractivity contribution in [3.05, 3.63) is 99.8 Å². The number of hydrogen-bond acceptors (Lipinski definition) is 4. The Labute approximate surface area is 215 Å². The Morgan fingerprint density at radius 3 is 2.37 bits per heavy atom. The molecule has 0 saturated carbocycles. The van der Waals surface area contributed by atoms with Gasteiger partial charge in [-0.1, -0.05) is 30.3 Å². The molecule has 0 fully saturated rings. The van der Waals surface area contributed by atoms with Gasteiger partial charge >= 0.3 is 5.97 Å². The van der Waals surface area contributed by atoms with Crippen molar-refractivity contribution in [3.63, 3.8) is 0 Å². The van der Waals surface area contributed by atoms with Crippen molar-refractivity contribution in [1.82, 2.24) is 0 Å². The van der Waals surface area contributed by atoms with Crippen LogP contribution in [0, 0.1) is 10.7 Å². The van der Waals surface area contributed by atoms with Gasteiger partial charge in [0.25, 0.3) is 0 Å². The molecule has 150 valence electrons. The van der Waals surface area contributed by atoms with Crippen LogP contribution < -0.4 is 4.74 Å². The highest BCUT2D eigenvalue weighted by molar-refractivity contribution is 14.1. The van der Waals surface area contributed by atoms with Crippen LogP contribution in [0.5, 0.6) is 5.75 Å². The normalized spacial score (nSPS) is 14.6. The quantitative estimate of drug-likeness (QED) is 0.173. The number of rotatable bonds is 5. The maximum Gasteiger partial charge on any atom is 0.363 e. The smallest absolute Gasteiger partial charge is 0.363 e. The lowest BCUT2D eigenvalue weighted by Crippen LogP contribution is -2.05. The van der Waals surface area contributed by atoms with Crippen molar-refractivity contribution in [3.8, 4) is 5.75 Å². The molecule has 30 heavy (non-hydrogen) atoms. The molecule has 1 heterocycles. The molecule has 0 saturated heterocycles. The molecule has 1 aliphatic rings. The van der Waals surface area contributed by atoms with Gasteiger partial charge in [0.2, 0.25) is 5.90 Å². The Bertz CT molecular complexity index is 1150. The molecule has 1 aliphatic heterocycles. The van der Waals surface area contributed by atoms with Gasteiger partial charge in [-0.05, 0) is 121 Å². The fourth-order valence-corrected chi connectivity index (χ4v) is 5.59. The molecule has 7 heteroatoms. The summed E-state index contributed by atoms with van der Waals surface area (Å²) in [5.74, 6) is 0.714. The second-order valence-electron chi connectivity index (χ2n) is 6.43. The van der Waals surface area contributed by atoms with Gasteiger partial charge in [-0.25, -0.2) is 9.79 Å². The van der Waals surface area contributed by atoms with Crippen LogP contribution in [-0.4, -0.2) is 11.9 Å². The number of halogens is 3. The molecule has 0 atom stereocenters. The Kier molecular flexibility index (Phi) is 7.08. The topological polar surface area (TPSA) is 47.9 Å². The first-order chi connectivity index (χ1) is 14.5. The van der Waals surface area contributed by atoms with Gasteiger partial charge in [0.15, 0.2) is 5.70 Å². The molecule has 4 rings (SSSR count). The van der Waals surface area contributed by atoms with Crippen LogP contribution in [0.4, 0.5) is 0 Å². The first kappa shape index (κ1) is 21.8. The molecule has 0 amide bonds. The minimum Gasteiger partial charge on any atom is -0.487 e.